The zero-order valence-corrected chi connectivity index (χ0v) is 7.32. The van der Waals surface area contributed by atoms with E-state index in [0.717, 1.165) is 0 Å². The van der Waals surface area contributed by atoms with Gasteiger partial charge in [-0.3, -0.25) is 0 Å². The average Bonchev–Trinajstić information content (AvgIpc) is 2.57. The quantitative estimate of drug-likeness (QED) is 0.707. The summed E-state index contributed by atoms with van der Waals surface area (Å²) in [6.07, 6.45) is 1.23. The van der Waals surface area contributed by atoms with Crippen LogP contribution >= 0.6 is 11.6 Å². The number of hydrogen-bond donors (Lipinski definition) is 1. The lowest BCUT2D eigenvalue weighted by molar-refractivity contribution is 0.569. The van der Waals surface area contributed by atoms with E-state index in [1.54, 1.807) is 18.2 Å². The van der Waals surface area contributed by atoms with Gasteiger partial charge in [-0.15, -0.1) is 10.2 Å². The Hall–Kier alpha value is -1.55. The highest BCUT2D eigenvalue weighted by molar-refractivity contribution is 6.33. The van der Waals surface area contributed by atoms with E-state index in [9.17, 15) is 0 Å². The summed E-state index contributed by atoms with van der Waals surface area (Å²) in [7, 11) is 0. The third-order valence-corrected chi connectivity index (χ3v) is 1.93. The maximum atomic E-state index is 5.91. The van der Waals surface area contributed by atoms with Gasteiger partial charge in [-0.05, 0) is 12.1 Å². The van der Waals surface area contributed by atoms with Crippen LogP contribution in [0.5, 0.6) is 0 Å². The molecule has 13 heavy (non-hydrogen) atoms. The molecule has 0 amide bonds. The number of hydrogen-bond acceptors (Lipinski definition) is 4. The van der Waals surface area contributed by atoms with Crippen LogP contribution in [0.1, 0.15) is 0 Å². The van der Waals surface area contributed by atoms with Gasteiger partial charge in [-0.25, -0.2) is 0 Å². The van der Waals surface area contributed by atoms with Crippen molar-refractivity contribution in [3.63, 3.8) is 0 Å². The summed E-state index contributed by atoms with van der Waals surface area (Å²) in [5.41, 5.74) is 6.81. The lowest BCUT2D eigenvalue weighted by Gasteiger charge is -2.01. The highest BCUT2D eigenvalue weighted by atomic mass is 35.5. The lowest BCUT2D eigenvalue weighted by Crippen LogP contribution is -1.90. The van der Waals surface area contributed by atoms with Crippen LogP contribution in [-0.2, 0) is 0 Å². The van der Waals surface area contributed by atoms with Crippen LogP contribution in [0.4, 0.5) is 5.69 Å². The van der Waals surface area contributed by atoms with Gasteiger partial charge in [-0.1, -0.05) is 17.7 Å². The molecule has 5 heteroatoms. The Morgan fingerprint density at radius 3 is 2.85 bits per heavy atom. The normalized spacial score (nSPS) is 10.2. The Balaban J connectivity index is 2.64. The van der Waals surface area contributed by atoms with Crippen molar-refractivity contribution >= 4 is 17.3 Å². The topological polar surface area (TPSA) is 64.9 Å². The van der Waals surface area contributed by atoms with Crippen LogP contribution in [-0.4, -0.2) is 10.2 Å². The second kappa shape index (κ2) is 3.06. The molecule has 1 aromatic heterocycles. The molecule has 0 saturated carbocycles. The molecule has 0 bridgehead atoms. The van der Waals surface area contributed by atoms with E-state index < -0.39 is 0 Å². The molecular formula is C8H6ClN3O. The van der Waals surface area contributed by atoms with Crippen molar-refractivity contribution in [3.05, 3.63) is 29.6 Å². The van der Waals surface area contributed by atoms with Crippen molar-refractivity contribution < 1.29 is 4.42 Å². The van der Waals surface area contributed by atoms with Gasteiger partial charge in [0.25, 0.3) is 5.89 Å². The van der Waals surface area contributed by atoms with Gasteiger partial charge < -0.3 is 10.2 Å². The molecule has 0 atom stereocenters. The minimum atomic E-state index is 0.336. The largest absolute Gasteiger partial charge is 0.423 e. The van der Waals surface area contributed by atoms with Crippen LogP contribution in [0.3, 0.4) is 0 Å². The van der Waals surface area contributed by atoms with Crippen LogP contribution in [0, 0.1) is 0 Å². The zero-order chi connectivity index (χ0) is 9.26. The highest BCUT2D eigenvalue weighted by Crippen LogP contribution is 2.31. The Morgan fingerprint density at radius 2 is 2.23 bits per heavy atom. The highest BCUT2D eigenvalue weighted by Gasteiger charge is 2.11. The molecule has 1 heterocycles. The molecule has 0 spiro atoms. The predicted molar refractivity (Wildman–Crippen MR) is 49.2 cm³/mol. The van der Waals surface area contributed by atoms with Gasteiger partial charge in [-0.2, -0.15) is 0 Å². The molecule has 0 aliphatic rings. The maximum Gasteiger partial charge on any atom is 0.251 e. The Bertz CT molecular complexity index is 393. The van der Waals surface area contributed by atoms with E-state index in [4.69, 9.17) is 21.8 Å². The van der Waals surface area contributed by atoms with Crippen molar-refractivity contribution in [2.75, 3.05) is 5.73 Å². The van der Waals surface area contributed by atoms with Gasteiger partial charge in [0.05, 0.1) is 10.6 Å². The van der Waals surface area contributed by atoms with Crippen LogP contribution in [0.2, 0.25) is 5.02 Å². The van der Waals surface area contributed by atoms with Crippen LogP contribution in [0.25, 0.3) is 11.5 Å². The smallest absolute Gasteiger partial charge is 0.251 e. The van der Waals surface area contributed by atoms with E-state index in [-0.39, 0.29) is 0 Å². The average molecular weight is 196 g/mol. The van der Waals surface area contributed by atoms with E-state index in [0.29, 0.717) is 22.2 Å². The standard InChI is InChI=1S/C8H6ClN3O/c9-5-2-1-3-6(10)7(5)8-12-11-4-13-8/h1-4H,10H2. The second-order valence-electron chi connectivity index (χ2n) is 2.45. The van der Waals surface area contributed by atoms with Crippen molar-refractivity contribution in [2.45, 2.75) is 0 Å². The molecule has 0 aliphatic heterocycles. The van der Waals surface area contributed by atoms with Crippen molar-refractivity contribution in [2.24, 2.45) is 0 Å². The van der Waals surface area contributed by atoms with Gasteiger partial charge >= 0.3 is 0 Å². The van der Waals surface area contributed by atoms with Crippen molar-refractivity contribution in [1.82, 2.24) is 10.2 Å². The van der Waals surface area contributed by atoms with Crippen LogP contribution in [0.15, 0.2) is 29.0 Å². The predicted octanol–water partition coefficient (Wildman–Crippen LogP) is 1.97. The third-order valence-electron chi connectivity index (χ3n) is 1.62. The first-order valence-electron chi connectivity index (χ1n) is 3.59. The monoisotopic (exact) mass is 195 g/mol. The molecule has 2 N–H and O–H groups in total. The van der Waals surface area contributed by atoms with E-state index in [2.05, 4.69) is 10.2 Å². The van der Waals surface area contributed by atoms with Gasteiger partial charge in [0.15, 0.2) is 0 Å². The van der Waals surface area contributed by atoms with Crippen molar-refractivity contribution in [3.8, 4) is 11.5 Å². The summed E-state index contributed by atoms with van der Waals surface area (Å²) in [6, 6.07) is 5.21. The van der Waals surface area contributed by atoms with Gasteiger partial charge in [0, 0.05) is 5.69 Å². The van der Waals surface area contributed by atoms with Gasteiger partial charge in [0.1, 0.15) is 0 Å². The number of benzene rings is 1. The summed E-state index contributed by atoms with van der Waals surface area (Å²) in [4.78, 5) is 0. The molecule has 2 aromatic rings. The second-order valence-corrected chi connectivity index (χ2v) is 2.86. The van der Waals surface area contributed by atoms with E-state index in [1.807, 2.05) is 0 Å². The van der Waals surface area contributed by atoms with Crippen LogP contribution < -0.4 is 5.73 Å². The van der Waals surface area contributed by atoms with E-state index >= 15 is 0 Å². The number of nitrogens with zero attached hydrogens (tertiary/aromatic N) is 2. The summed E-state index contributed by atoms with van der Waals surface area (Å²) < 4.78 is 4.99. The summed E-state index contributed by atoms with van der Waals surface area (Å²) in [5, 5.41) is 7.78. The maximum absolute atomic E-state index is 5.91. The number of rotatable bonds is 1. The number of nitrogens with two attached hydrogens (primary N) is 1. The molecule has 0 fully saturated rings. The Kier molecular flexibility index (Phi) is 1.90. The SMILES string of the molecule is Nc1cccc(Cl)c1-c1nnco1. The zero-order valence-electron chi connectivity index (χ0n) is 6.57. The third kappa shape index (κ3) is 1.36. The fraction of sp³-hybridized carbons (Fsp3) is 0. The summed E-state index contributed by atoms with van der Waals surface area (Å²) in [6.45, 7) is 0. The summed E-state index contributed by atoms with van der Waals surface area (Å²) >= 11 is 5.91. The number of nitrogen functional groups attached to an aromatic ring is 1. The summed E-state index contributed by atoms with van der Waals surface area (Å²) in [5.74, 6) is 0.336. The first kappa shape index (κ1) is 8.07. The Labute approximate surface area is 79.3 Å². The van der Waals surface area contributed by atoms with E-state index in [1.165, 1.54) is 6.39 Å². The minimum Gasteiger partial charge on any atom is -0.423 e. The molecule has 1 aromatic carbocycles. The number of aromatic nitrogens is 2. The molecule has 66 valence electrons. The molecule has 0 unspecified atom stereocenters. The fourth-order valence-corrected chi connectivity index (χ4v) is 1.31. The molecule has 4 nitrogen and oxygen atoms in total. The molecular weight excluding hydrogens is 190 g/mol. The molecule has 0 aliphatic carbocycles. The van der Waals surface area contributed by atoms with Crippen molar-refractivity contribution in [1.29, 1.82) is 0 Å². The molecule has 0 radical (unpaired) electrons. The lowest BCUT2D eigenvalue weighted by atomic mass is 10.2. The first-order valence-corrected chi connectivity index (χ1v) is 3.97. The molecule has 2 rings (SSSR count). The van der Waals surface area contributed by atoms with Gasteiger partial charge in [0.2, 0.25) is 6.39 Å². The Morgan fingerprint density at radius 1 is 1.38 bits per heavy atom. The first-order chi connectivity index (χ1) is 6.29. The molecule has 0 saturated heterocycles. The number of halogens is 1. The number of anilines is 1. The minimum absolute atomic E-state index is 0.336. The fourth-order valence-electron chi connectivity index (χ4n) is 1.05.